The van der Waals surface area contributed by atoms with Crippen LogP contribution in [0.4, 0.5) is 10.1 Å². The third-order valence-electron chi connectivity index (χ3n) is 7.38. The molecule has 1 atom stereocenters. The van der Waals surface area contributed by atoms with Crippen molar-refractivity contribution in [2.24, 2.45) is 0 Å². The minimum Gasteiger partial charge on any atom is -0.352 e. The predicted molar refractivity (Wildman–Crippen MR) is 162 cm³/mol. The van der Waals surface area contributed by atoms with Crippen LogP contribution in [0.2, 0.25) is 0 Å². The maximum atomic E-state index is 14.9. The molecule has 0 radical (unpaired) electrons. The maximum absolute atomic E-state index is 14.9. The zero-order valence-corrected chi connectivity index (χ0v) is 25.6. The number of amides is 2. The van der Waals surface area contributed by atoms with E-state index in [2.05, 4.69) is 21.2 Å². The number of nitrogens with one attached hydrogen (secondary N) is 1. The topological polar surface area (TPSA) is 86.8 Å². The minimum atomic E-state index is -3.88. The van der Waals surface area contributed by atoms with E-state index in [-0.39, 0.29) is 30.5 Å². The predicted octanol–water partition coefficient (Wildman–Crippen LogP) is 5.36. The SMILES string of the molecule is Cc1cc(N(CC(=O)N(Cc2ccccc2F)[C@H](Cc2ccccc2)C(=O)NC2CCCC2)S(C)(=O)=O)ccc1Br. The Kier molecular flexibility index (Phi) is 10.2. The number of rotatable bonds is 11. The van der Waals surface area contributed by atoms with Gasteiger partial charge < -0.3 is 10.2 Å². The first-order valence-corrected chi connectivity index (χ1v) is 16.3. The van der Waals surface area contributed by atoms with Crippen LogP contribution in [0, 0.1) is 12.7 Å². The third kappa shape index (κ3) is 8.16. The fourth-order valence-electron chi connectivity index (χ4n) is 5.13. The van der Waals surface area contributed by atoms with Crippen molar-refractivity contribution in [2.45, 2.75) is 57.7 Å². The summed E-state index contributed by atoms with van der Waals surface area (Å²) in [4.78, 5) is 29.3. The van der Waals surface area contributed by atoms with E-state index in [4.69, 9.17) is 0 Å². The van der Waals surface area contributed by atoms with E-state index in [1.165, 1.54) is 11.0 Å². The molecular weight excluding hydrogens is 609 g/mol. The van der Waals surface area contributed by atoms with Gasteiger partial charge in [-0.2, -0.15) is 0 Å². The second-order valence-electron chi connectivity index (χ2n) is 10.5. The van der Waals surface area contributed by atoms with Gasteiger partial charge in [0.2, 0.25) is 21.8 Å². The fraction of sp³-hybridized carbons (Fsp3) is 0.355. The van der Waals surface area contributed by atoms with Crippen molar-refractivity contribution in [1.82, 2.24) is 10.2 Å². The van der Waals surface area contributed by atoms with E-state index in [0.29, 0.717) is 5.69 Å². The van der Waals surface area contributed by atoms with Crippen LogP contribution in [0.15, 0.2) is 77.3 Å². The van der Waals surface area contributed by atoms with Crippen LogP contribution < -0.4 is 9.62 Å². The van der Waals surface area contributed by atoms with Gasteiger partial charge in [-0.1, -0.05) is 77.3 Å². The summed E-state index contributed by atoms with van der Waals surface area (Å²) in [5.74, 6) is -1.46. The summed E-state index contributed by atoms with van der Waals surface area (Å²) in [6.45, 7) is 1.08. The molecule has 2 amide bonds. The van der Waals surface area contributed by atoms with Crippen molar-refractivity contribution in [3.05, 3.63) is 99.8 Å². The van der Waals surface area contributed by atoms with Gasteiger partial charge in [0, 0.05) is 29.0 Å². The van der Waals surface area contributed by atoms with Crippen molar-refractivity contribution < 1.29 is 22.4 Å². The lowest BCUT2D eigenvalue weighted by Gasteiger charge is -2.34. The highest BCUT2D eigenvalue weighted by Crippen LogP contribution is 2.26. The Morgan fingerprint density at radius 3 is 2.32 bits per heavy atom. The highest BCUT2D eigenvalue weighted by atomic mass is 79.9. The van der Waals surface area contributed by atoms with E-state index in [9.17, 15) is 22.4 Å². The first-order chi connectivity index (χ1) is 19.5. The first-order valence-electron chi connectivity index (χ1n) is 13.6. The van der Waals surface area contributed by atoms with Gasteiger partial charge in [-0.3, -0.25) is 13.9 Å². The number of carbonyl (C=O) groups excluding carboxylic acids is 2. The highest BCUT2D eigenvalue weighted by Gasteiger charge is 2.34. The molecule has 1 saturated carbocycles. The van der Waals surface area contributed by atoms with E-state index < -0.39 is 34.3 Å². The highest BCUT2D eigenvalue weighted by molar-refractivity contribution is 9.10. The lowest BCUT2D eigenvalue weighted by Crippen LogP contribution is -2.54. The van der Waals surface area contributed by atoms with Crippen molar-refractivity contribution in [2.75, 3.05) is 17.1 Å². The van der Waals surface area contributed by atoms with E-state index in [1.54, 1.807) is 36.4 Å². The zero-order valence-electron chi connectivity index (χ0n) is 23.2. The van der Waals surface area contributed by atoms with E-state index in [1.807, 2.05) is 37.3 Å². The third-order valence-corrected chi connectivity index (χ3v) is 9.41. The van der Waals surface area contributed by atoms with Crippen molar-refractivity contribution in [1.29, 1.82) is 0 Å². The summed E-state index contributed by atoms with van der Waals surface area (Å²) in [7, 11) is -3.88. The quantitative estimate of drug-likeness (QED) is 0.305. The number of hydrogen-bond donors (Lipinski definition) is 1. The average Bonchev–Trinajstić information content (AvgIpc) is 3.44. The summed E-state index contributed by atoms with van der Waals surface area (Å²) in [5, 5.41) is 3.10. The van der Waals surface area contributed by atoms with Crippen LogP contribution in [-0.4, -0.2) is 50.0 Å². The van der Waals surface area contributed by atoms with Crippen LogP contribution in [0.3, 0.4) is 0 Å². The second-order valence-corrected chi connectivity index (χ2v) is 13.3. The molecule has 0 aliphatic heterocycles. The summed E-state index contributed by atoms with van der Waals surface area (Å²) in [6.07, 6.45) is 4.97. The van der Waals surface area contributed by atoms with Gasteiger partial charge in [-0.05, 0) is 55.2 Å². The molecule has 1 N–H and O–H groups in total. The Morgan fingerprint density at radius 1 is 1.02 bits per heavy atom. The van der Waals surface area contributed by atoms with E-state index in [0.717, 1.165) is 51.8 Å². The number of nitrogens with zero attached hydrogens (tertiary/aromatic N) is 2. The summed E-state index contributed by atoms with van der Waals surface area (Å²) in [5.41, 5.74) is 2.18. The molecule has 0 bridgehead atoms. The molecule has 0 saturated heterocycles. The van der Waals surface area contributed by atoms with Crippen LogP contribution in [0.5, 0.6) is 0 Å². The number of halogens is 2. The molecule has 3 aromatic rings. The van der Waals surface area contributed by atoms with Crippen molar-refractivity contribution >= 4 is 43.5 Å². The Labute approximate surface area is 249 Å². The lowest BCUT2D eigenvalue weighted by atomic mass is 10.0. The molecule has 1 aliphatic carbocycles. The van der Waals surface area contributed by atoms with Crippen molar-refractivity contribution in [3.8, 4) is 0 Å². The summed E-state index contributed by atoms with van der Waals surface area (Å²) in [6, 6.07) is 19.4. The average molecular weight is 645 g/mol. The molecule has 7 nitrogen and oxygen atoms in total. The normalized spacial score (nSPS) is 14.4. The largest absolute Gasteiger partial charge is 0.352 e. The van der Waals surface area contributed by atoms with Crippen LogP contribution in [-0.2, 0) is 32.6 Å². The molecule has 0 aromatic heterocycles. The molecule has 1 aliphatic rings. The van der Waals surface area contributed by atoms with Gasteiger partial charge in [0.05, 0.1) is 11.9 Å². The van der Waals surface area contributed by atoms with Gasteiger partial charge >= 0.3 is 0 Å². The van der Waals surface area contributed by atoms with Crippen LogP contribution >= 0.6 is 15.9 Å². The Balaban J connectivity index is 1.74. The standard InChI is InChI=1S/C31H35BrFN3O4S/c1-22-18-26(16-17-27(22)32)36(41(2,39)40)21-30(37)35(20-24-12-6-9-15-28(24)33)29(19-23-10-4-3-5-11-23)31(38)34-25-13-7-8-14-25/h3-6,9-12,15-18,25,29H,7-8,13-14,19-21H2,1-2H3,(H,34,38)/t29-/m1/s1. The molecule has 10 heteroatoms. The Bertz CT molecular complexity index is 1480. The van der Waals surface area contributed by atoms with Crippen molar-refractivity contribution in [3.63, 3.8) is 0 Å². The van der Waals surface area contributed by atoms with Gasteiger partial charge in [-0.15, -0.1) is 0 Å². The molecule has 0 heterocycles. The maximum Gasteiger partial charge on any atom is 0.244 e. The Morgan fingerprint density at radius 2 is 1.68 bits per heavy atom. The number of sulfonamides is 1. The lowest BCUT2D eigenvalue weighted by molar-refractivity contribution is -0.140. The fourth-order valence-corrected chi connectivity index (χ4v) is 6.22. The number of aryl methyl sites for hydroxylation is 1. The molecule has 0 unspecified atom stereocenters. The van der Waals surface area contributed by atoms with Crippen LogP contribution in [0.25, 0.3) is 0 Å². The van der Waals surface area contributed by atoms with Gasteiger partial charge in [-0.25, -0.2) is 12.8 Å². The molecule has 218 valence electrons. The summed E-state index contributed by atoms with van der Waals surface area (Å²) < 4.78 is 42.6. The number of hydrogen-bond acceptors (Lipinski definition) is 4. The van der Waals surface area contributed by atoms with Gasteiger partial charge in [0.15, 0.2) is 0 Å². The second kappa shape index (κ2) is 13.6. The zero-order chi connectivity index (χ0) is 29.6. The molecular formula is C31H35BrFN3O4S. The first kappa shape index (κ1) is 30.7. The van der Waals surface area contributed by atoms with Gasteiger partial charge in [0.25, 0.3) is 0 Å². The number of anilines is 1. The minimum absolute atomic E-state index is 0.00412. The Hall–Kier alpha value is -3.24. The van der Waals surface area contributed by atoms with Gasteiger partial charge in [0.1, 0.15) is 18.4 Å². The molecule has 4 rings (SSSR count). The summed E-state index contributed by atoms with van der Waals surface area (Å²) >= 11 is 3.43. The number of benzene rings is 3. The van der Waals surface area contributed by atoms with E-state index >= 15 is 0 Å². The molecule has 1 fully saturated rings. The molecule has 41 heavy (non-hydrogen) atoms. The molecule has 3 aromatic carbocycles. The monoisotopic (exact) mass is 643 g/mol. The van der Waals surface area contributed by atoms with Crippen LogP contribution in [0.1, 0.15) is 42.4 Å². The smallest absolute Gasteiger partial charge is 0.244 e. The number of carbonyl (C=O) groups is 2. The molecule has 0 spiro atoms.